The predicted octanol–water partition coefficient (Wildman–Crippen LogP) is 2.67. The van der Waals surface area contributed by atoms with Crippen LogP contribution in [0.4, 0.5) is 5.82 Å². The fourth-order valence-electron chi connectivity index (χ4n) is 2.95. The predicted molar refractivity (Wildman–Crippen MR) is 85.3 cm³/mol. The van der Waals surface area contributed by atoms with Gasteiger partial charge in [-0.05, 0) is 12.8 Å². The van der Waals surface area contributed by atoms with E-state index in [2.05, 4.69) is 10.4 Å². The molecule has 1 aromatic heterocycles. The summed E-state index contributed by atoms with van der Waals surface area (Å²) in [6.45, 7) is 0.356. The lowest BCUT2D eigenvalue weighted by Gasteiger charge is -2.11. The quantitative estimate of drug-likeness (QED) is 0.892. The molecule has 1 heterocycles. The first-order valence-electron chi connectivity index (χ1n) is 7.83. The van der Waals surface area contributed by atoms with Crippen molar-refractivity contribution >= 4 is 11.7 Å². The Kier molecular flexibility index (Phi) is 4.53. The summed E-state index contributed by atoms with van der Waals surface area (Å²) >= 11 is 0. The molecule has 2 aromatic rings. The van der Waals surface area contributed by atoms with Gasteiger partial charge in [0.15, 0.2) is 0 Å². The van der Waals surface area contributed by atoms with E-state index >= 15 is 0 Å². The van der Waals surface area contributed by atoms with Gasteiger partial charge in [-0.1, -0.05) is 43.2 Å². The highest BCUT2D eigenvalue weighted by Crippen LogP contribution is 2.27. The maximum atomic E-state index is 12.3. The molecular weight excluding hydrogens is 278 g/mol. The number of rotatable bonds is 5. The molecule has 0 atom stereocenters. The SMILES string of the molecule is O=C(Nc1cc(-c2ccccc2)nn1CCO)C1CCCC1. The highest BCUT2D eigenvalue weighted by Gasteiger charge is 2.23. The third-order valence-corrected chi connectivity index (χ3v) is 4.14. The second-order valence-electron chi connectivity index (χ2n) is 5.70. The Hall–Kier alpha value is -2.14. The molecule has 1 saturated carbocycles. The second kappa shape index (κ2) is 6.75. The summed E-state index contributed by atoms with van der Waals surface area (Å²) in [5.74, 6) is 0.832. The minimum absolute atomic E-state index is 0.0117. The number of aliphatic hydroxyl groups is 1. The number of aromatic nitrogens is 2. The van der Waals surface area contributed by atoms with E-state index < -0.39 is 0 Å². The van der Waals surface area contributed by atoms with Crippen molar-refractivity contribution in [1.82, 2.24) is 9.78 Å². The number of hydrogen-bond donors (Lipinski definition) is 2. The molecule has 0 bridgehead atoms. The van der Waals surface area contributed by atoms with Crippen LogP contribution >= 0.6 is 0 Å². The van der Waals surface area contributed by atoms with Gasteiger partial charge in [-0.2, -0.15) is 5.10 Å². The van der Waals surface area contributed by atoms with Crippen LogP contribution in [0.15, 0.2) is 36.4 Å². The lowest BCUT2D eigenvalue weighted by molar-refractivity contribution is -0.119. The van der Waals surface area contributed by atoms with Gasteiger partial charge in [-0.3, -0.25) is 4.79 Å². The summed E-state index contributed by atoms with van der Waals surface area (Å²) in [7, 11) is 0. The first-order valence-corrected chi connectivity index (χ1v) is 7.83. The van der Waals surface area contributed by atoms with Gasteiger partial charge in [0.25, 0.3) is 0 Å². The van der Waals surface area contributed by atoms with E-state index in [0.29, 0.717) is 12.4 Å². The molecule has 1 aliphatic carbocycles. The Morgan fingerprint density at radius 1 is 1.27 bits per heavy atom. The lowest BCUT2D eigenvalue weighted by atomic mass is 10.1. The van der Waals surface area contributed by atoms with Crippen LogP contribution in [-0.2, 0) is 11.3 Å². The van der Waals surface area contributed by atoms with E-state index in [0.717, 1.165) is 36.9 Å². The van der Waals surface area contributed by atoms with E-state index in [1.54, 1.807) is 4.68 Å². The van der Waals surface area contributed by atoms with Gasteiger partial charge in [0.2, 0.25) is 5.91 Å². The monoisotopic (exact) mass is 299 g/mol. The molecule has 5 heteroatoms. The van der Waals surface area contributed by atoms with E-state index in [1.807, 2.05) is 36.4 Å². The maximum Gasteiger partial charge on any atom is 0.228 e. The zero-order valence-corrected chi connectivity index (χ0v) is 12.5. The highest BCUT2D eigenvalue weighted by atomic mass is 16.3. The van der Waals surface area contributed by atoms with Gasteiger partial charge in [0.05, 0.1) is 18.8 Å². The molecule has 0 aliphatic heterocycles. The van der Waals surface area contributed by atoms with Crippen LogP contribution in [0.1, 0.15) is 25.7 Å². The molecule has 1 aliphatic rings. The maximum absolute atomic E-state index is 12.3. The average Bonchev–Trinajstić information content (AvgIpc) is 3.19. The number of carbonyl (C=O) groups excluding carboxylic acids is 1. The van der Waals surface area contributed by atoms with Crippen molar-refractivity contribution in [2.75, 3.05) is 11.9 Å². The molecule has 2 N–H and O–H groups in total. The second-order valence-corrected chi connectivity index (χ2v) is 5.70. The van der Waals surface area contributed by atoms with Crippen molar-refractivity contribution in [2.45, 2.75) is 32.2 Å². The number of nitrogens with zero attached hydrogens (tertiary/aromatic N) is 2. The first-order chi connectivity index (χ1) is 10.8. The van der Waals surface area contributed by atoms with Crippen LogP contribution in [0.5, 0.6) is 0 Å². The number of amides is 1. The Balaban J connectivity index is 1.82. The largest absolute Gasteiger partial charge is 0.394 e. The van der Waals surface area contributed by atoms with Gasteiger partial charge in [0.1, 0.15) is 5.82 Å². The molecular formula is C17H21N3O2. The van der Waals surface area contributed by atoms with Crippen LogP contribution in [0.25, 0.3) is 11.3 Å². The smallest absolute Gasteiger partial charge is 0.228 e. The highest BCUT2D eigenvalue weighted by molar-refractivity contribution is 5.92. The van der Waals surface area contributed by atoms with Crippen LogP contribution in [0.3, 0.4) is 0 Å². The van der Waals surface area contributed by atoms with Crippen LogP contribution in [0, 0.1) is 5.92 Å². The Morgan fingerprint density at radius 2 is 2.00 bits per heavy atom. The van der Waals surface area contributed by atoms with Crippen LogP contribution in [0.2, 0.25) is 0 Å². The molecule has 1 fully saturated rings. The summed E-state index contributed by atoms with van der Waals surface area (Å²) in [5.41, 5.74) is 1.80. The number of nitrogens with one attached hydrogen (secondary N) is 1. The lowest BCUT2D eigenvalue weighted by Crippen LogP contribution is -2.22. The summed E-state index contributed by atoms with van der Waals surface area (Å²) in [6.07, 6.45) is 4.18. The zero-order chi connectivity index (χ0) is 15.4. The van der Waals surface area contributed by atoms with Gasteiger partial charge in [-0.25, -0.2) is 4.68 Å². The van der Waals surface area contributed by atoms with E-state index in [4.69, 9.17) is 0 Å². The summed E-state index contributed by atoms with van der Waals surface area (Å²) in [6, 6.07) is 11.7. The Labute approximate surface area is 130 Å². The minimum Gasteiger partial charge on any atom is -0.394 e. The van der Waals surface area contributed by atoms with Crippen molar-refractivity contribution in [3.63, 3.8) is 0 Å². The molecule has 1 amide bonds. The standard InChI is InChI=1S/C17H21N3O2/c21-11-10-20-16(18-17(22)14-8-4-5-9-14)12-15(19-20)13-6-2-1-3-7-13/h1-3,6-7,12,14,21H,4-5,8-11H2,(H,18,22). The van der Waals surface area contributed by atoms with Crippen molar-refractivity contribution in [3.8, 4) is 11.3 Å². The fraction of sp³-hybridized carbons (Fsp3) is 0.412. The molecule has 22 heavy (non-hydrogen) atoms. The summed E-state index contributed by atoms with van der Waals surface area (Å²) in [5, 5.41) is 16.7. The Morgan fingerprint density at radius 3 is 2.68 bits per heavy atom. The topological polar surface area (TPSA) is 67.2 Å². The number of carbonyl (C=O) groups is 1. The van der Waals surface area contributed by atoms with E-state index in [-0.39, 0.29) is 18.4 Å². The van der Waals surface area contributed by atoms with Crippen LogP contribution < -0.4 is 5.32 Å². The van der Waals surface area contributed by atoms with Gasteiger partial charge >= 0.3 is 0 Å². The van der Waals surface area contributed by atoms with Gasteiger partial charge < -0.3 is 10.4 Å². The fourth-order valence-corrected chi connectivity index (χ4v) is 2.95. The molecule has 0 saturated heterocycles. The first kappa shape index (κ1) is 14.8. The third kappa shape index (κ3) is 3.20. The summed E-state index contributed by atoms with van der Waals surface area (Å²) in [4.78, 5) is 12.3. The van der Waals surface area contributed by atoms with Crippen molar-refractivity contribution in [3.05, 3.63) is 36.4 Å². The molecule has 0 spiro atoms. The van der Waals surface area contributed by atoms with Gasteiger partial charge in [-0.15, -0.1) is 0 Å². The van der Waals surface area contributed by atoms with Crippen molar-refractivity contribution in [1.29, 1.82) is 0 Å². The molecule has 0 radical (unpaired) electrons. The molecule has 116 valence electrons. The Bertz CT molecular complexity index is 631. The molecule has 3 rings (SSSR count). The normalized spacial score (nSPS) is 15.1. The zero-order valence-electron chi connectivity index (χ0n) is 12.5. The molecule has 0 unspecified atom stereocenters. The molecule has 5 nitrogen and oxygen atoms in total. The van der Waals surface area contributed by atoms with E-state index in [1.165, 1.54) is 0 Å². The minimum atomic E-state index is -0.0117. The third-order valence-electron chi connectivity index (χ3n) is 4.14. The number of aliphatic hydroxyl groups excluding tert-OH is 1. The number of hydrogen-bond acceptors (Lipinski definition) is 3. The van der Waals surface area contributed by atoms with E-state index in [9.17, 15) is 9.90 Å². The summed E-state index contributed by atoms with van der Waals surface area (Å²) < 4.78 is 1.66. The number of anilines is 1. The molecule has 1 aromatic carbocycles. The number of benzene rings is 1. The van der Waals surface area contributed by atoms with Crippen LogP contribution in [-0.4, -0.2) is 27.4 Å². The van der Waals surface area contributed by atoms with Gasteiger partial charge in [0, 0.05) is 17.5 Å². The van der Waals surface area contributed by atoms with Crippen molar-refractivity contribution < 1.29 is 9.90 Å². The average molecular weight is 299 g/mol. The van der Waals surface area contributed by atoms with Crippen molar-refractivity contribution in [2.24, 2.45) is 5.92 Å².